The zero-order valence-electron chi connectivity index (χ0n) is 7.04. The minimum Gasteiger partial charge on any atom is -0.582 e. The molecular formula is C7H12Cl2O3S. The van der Waals surface area contributed by atoms with Crippen LogP contribution in [0.5, 0.6) is 0 Å². The number of halogens is 2. The molecular weight excluding hydrogens is 235 g/mol. The maximum absolute atomic E-state index is 10.4. The van der Waals surface area contributed by atoms with Crippen molar-refractivity contribution >= 4 is 36.9 Å². The summed E-state index contributed by atoms with van der Waals surface area (Å²) >= 11 is 0. The number of carbonyl (C=O) groups is 1. The predicted octanol–water partition coefficient (Wildman–Crippen LogP) is 2.69. The van der Waals surface area contributed by atoms with E-state index in [1.165, 1.54) is 6.42 Å². The van der Waals surface area contributed by atoms with Crippen molar-refractivity contribution in [3.63, 3.8) is 0 Å². The monoisotopic (exact) mass is 246 g/mol. The van der Waals surface area contributed by atoms with Gasteiger partial charge in [-0.2, -0.15) is 0 Å². The van der Waals surface area contributed by atoms with E-state index in [1.807, 2.05) is 0 Å². The van der Waals surface area contributed by atoms with Crippen LogP contribution in [-0.4, -0.2) is 15.6 Å². The molecule has 78 valence electrons. The summed E-state index contributed by atoms with van der Waals surface area (Å²) < 4.78 is 9.09. The van der Waals surface area contributed by atoms with Gasteiger partial charge in [0.25, 0.3) is 0 Å². The second-order valence-electron chi connectivity index (χ2n) is 2.86. The van der Waals surface area contributed by atoms with E-state index in [-0.39, 0.29) is 5.92 Å². The fourth-order valence-corrected chi connectivity index (χ4v) is 1.35. The van der Waals surface area contributed by atoms with E-state index in [4.69, 9.17) is 9.66 Å². The highest BCUT2D eigenvalue weighted by molar-refractivity contribution is 8.31. The fraction of sp³-hybridized carbons (Fsp3) is 0.857. The van der Waals surface area contributed by atoms with Gasteiger partial charge in [0.15, 0.2) is 31.0 Å². The molecule has 3 nitrogen and oxygen atoms in total. The van der Waals surface area contributed by atoms with Crippen molar-refractivity contribution in [2.45, 2.75) is 32.1 Å². The van der Waals surface area contributed by atoms with Gasteiger partial charge in [-0.1, -0.05) is 19.3 Å². The smallest absolute Gasteiger partial charge is 0.306 e. The van der Waals surface area contributed by atoms with Crippen LogP contribution in [0.3, 0.4) is 0 Å². The molecule has 0 radical (unpaired) electrons. The lowest BCUT2D eigenvalue weighted by atomic mass is 9.90. The Bertz CT molecular complexity index is 146. The molecule has 1 saturated carbocycles. The van der Waals surface area contributed by atoms with Crippen molar-refractivity contribution in [3.8, 4) is 0 Å². The van der Waals surface area contributed by atoms with Crippen LogP contribution >= 0.6 is 21.4 Å². The quantitative estimate of drug-likeness (QED) is 0.724. The third-order valence-corrected chi connectivity index (χ3v) is 1.95. The molecule has 0 unspecified atom stereocenters. The standard InChI is InChI=1S/C7H12O2.Cl2OS/c8-7(9)6-4-2-1-3-5-6;1-4(2)3/h6H,1-5H2,(H,8,9);. The van der Waals surface area contributed by atoms with Crippen LogP contribution in [0, 0.1) is 5.92 Å². The SMILES string of the molecule is O=C(O)C1CCCCC1.[O-][S+](Cl)Cl. The molecule has 1 N–H and O–H groups in total. The lowest BCUT2D eigenvalue weighted by molar-refractivity contribution is -0.142. The number of aliphatic carboxylic acids is 1. The first-order valence-corrected chi connectivity index (χ1v) is 6.81. The highest BCUT2D eigenvalue weighted by atomic mass is 36.0. The molecule has 0 aromatic carbocycles. The van der Waals surface area contributed by atoms with Crippen molar-refractivity contribution in [1.82, 2.24) is 0 Å². The Morgan fingerprint density at radius 2 is 1.69 bits per heavy atom. The maximum Gasteiger partial charge on any atom is 0.306 e. The molecule has 0 heterocycles. The average Bonchev–Trinajstić information content (AvgIpc) is 2.05. The Labute approximate surface area is 89.6 Å². The van der Waals surface area contributed by atoms with E-state index in [0.717, 1.165) is 25.7 Å². The first kappa shape index (κ1) is 13.4. The number of hydrogen-bond acceptors (Lipinski definition) is 2. The van der Waals surface area contributed by atoms with Crippen molar-refractivity contribution in [2.75, 3.05) is 0 Å². The summed E-state index contributed by atoms with van der Waals surface area (Å²) in [7, 11) is 7.36. The van der Waals surface area contributed by atoms with Gasteiger partial charge in [0.1, 0.15) is 0 Å². The summed E-state index contributed by atoms with van der Waals surface area (Å²) in [6.07, 6.45) is 5.24. The minimum absolute atomic E-state index is 0.0289. The molecule has 1 aliphatic carbocycles. The number of carboxylic acids is 1. The van der Waals surface area contributed by atoms with Crippen LogP contribution in [-0.2, 0) is 14.4 Å². The summed E-state index contributed by atoms with van der Waals surface area (Å²) in [6.45, 7) is 0. The van der Waals surface area contributed by atoms with Gasteiger partial charge in [0, 0.05) is 0 Å². The second kappa shape index (κ2) is 7.74. The molecule has 0 amide bonds. The van der Waals surface area contributed by atoms with Gasteiger partial charge in [-0.15, -0.1) is 0 Å². The maximum atomic E-state index is 10.4. The molecule has 0 spiro atoms. The van der Waals surface area contributed by atoms with Crippen molar-refractivity contribution < 1.29 is 14.5 Å². The average molecular weight is 247 g/mol. The molecule has 0 atom stereocenters. The Morgan fingerprint density at radius 1 is 1.31 bits per heavy atom. The summed E-state index contributed by atoms with van der Waals surface area (Å²) in [4.78, 5) is 10.4. The highest BCUT2D eigenvalue weighted by Gasteiger charge is 2.19. The van der Waals surface area contributed by atoms with E-state index >= 15 is 0 Å². The molecule has 0 aliphatic heterocycles. The Hall–Kier alpha value is 0.360. The van der Waals surface area contributed by atoms with Crippen LogP contribution in [0.2, 0.25) is 0 Å². The lowest BCUT2D eigenvalue weighted by Crippen LogP contribution is -2.16. The molecule has 0 aromatic rings. The molecule has 0 saturated heterocycles. The van der Waals surface area contributed by atoms with E-state index < -0.39 is 15.6 Å². The molecule has 1 rings (SSSR count). The van der Waals surface area contributed by atoms with Crippen molar-refractivity contribution in [3.05, 3.63) is 0 Å². The topological polar surface area (TPSA) is 60.4 Å². The van der Waals surface area contributed by atoms with Gasteiger partial charge < -0.3 is 9.66 Å². The van der Waals surface area contributed by atoms with Crippen LogP contribution in [0.1, 0.15) is 32.1 Å². The van der Waals surface area contributed by atoms with Crippen molar-refractivity contribution in [1.29, 1.82) is 0 Å². The minimum atomic E-state index is -1.67. The van der Waals surface area contributed by atoms with E-state index in [2.05, 4.69) is 21.4 Å². The highest BCUT2D eigenvalue weighted by Crippen LogP contribution is 2.23. The Kier molecular flexibility index (Phi) is 7.95. The van der Waals surface area contributed by atoms with Gasteiger partial charge in [0.2, 0.25) is 0 Å². The first-order valence-electron chi connectivity index (χ1n) is 4.01. The van der Waals surface area contributed by atoms with E-state index in [1.54, 1.807) is 0 Å². The molecule has 0 aromatic heterocycles. The molecule has 1 aliphatic rings. The Balaban J connectivity index is 0.000000310. The van der Waals surface area contributed by atoms with Gasteiger partial charge in [-0.25, -0.2) is 0 Å². The van der Waals surface area contributed by atoms with E-state index in [9.17, 15) is 4.79 Å². The fourth-order valence-electron chi connectivity index (χ4n) is 1.35. The molecule has 6 heteroatoms. The Morgan fingerprint density at radius 3 is 1.92 bits per heavy atom. The summed E-state index contributed by atoms with van der Waals surface area (Å²) in [5, 5.41) is 8.54. The van der Waals surface area contributed by atoms with E-state index in [0.29, 0.717) is 0 Å². The molecule has 1 fully saturated rings. The van der Waals surface area contributed by atoms with Crippen LogP contribution < -0.4 is 0 Å². The molecule has 13 heavy (non-hydrogen) atoms. The van der Waals surface area contributed by atoms with Crippen LogP contribution in [0.4, 0.5) is 0 Å². The largest absolute Gasteiger partial charge is 0.582 e. The van der Waals surface area contributed by atoms with Crippen LogP contribution in [0.25, 0.3) is 0 Å². The van der Waals surface area contributed by atoms with Gasteiger partial charge in [-0.3, -0.25) is 4.79 Å². The first-order chi connectivity index (χ1) is 6.04. The van der Waals surface area contributed by atoms with Crippen molar-refractivity contribution in [2.24, 2.45) is 5.92 Å². The number of carboxylic acid groups (broad SMARTS) is 1. The van der Waals surface area contributed by atoms with Crippen LogP contribution in [0.15, 0.2) is 0 Å². The zero-order valence-corrected chi connectivity index (χ0v) is 9.37. The predicted molar refractivity (Wildman–Crippen MR) is 54.1 cm³/mol. The summed E-state index contributed by atoms with van der Waals surface area (Å²) in [6, 6.07) is 0. The second-order valence-corrected chi connectivity index (χ2v) is 5.38. The number of rotatable bonds is 1. The summed E-state index contributed by atoms with van der Waals surface area (Å²) in [5.74, 6) is -0.631. The summed E-state index contributed by atoms with van der Waals surface area (Å²) in [5.41, 5.74) is 0. The third kappa shape index (κ3) is 8.68. The normalized spacial score (nSPS) is 17.8. The number of hydrogen-bond donors (Lipinski definition) is 1. The van der Waals surface area contributed by atoms with Gasteiger partial charge >= 0.3 is 5.97 Å². The van der Waals surface area contributed by atoms with Gasteiger partial charge in [-0.05, 0) is 12.8 Å². The molecule has 0 bridgehead atoms. The third-order valence-electron chi connectivity index (χ3n) is 1.95. The zero-order chi connectivity index (χ0) is 10.3. The lowest BCUT2D eigenvalue weighted by Gasteiger charge is -2.16. The van der Waals surface area contributed by atoms with Gasteiger partial charge in [0.05, 0.1) is 5.92 Å².